The molecule has 1 atom stereocenters. The van der Waals surface area contributed by atoms with Crippen molar-refractivity contribution < 1.29 is 24.2 Å². The van der Waals surface area contributed by atoms with Crippen LogP contribution in [0.4, 0.5) is 0 Å². The average molecular weight is 487 g/mol. The van der Waals surface area contributed by atoms with Crippen molar-refractivity contribution in [2.75, 3.05) is 13.7 Å². The van der Waals surface area contributed by atoms with Gasteiger partial charge in [0.15, 0.2) is 0 Å². The molecule has 7 nitrogen and oxygen atoms in total. The molecule has 7 heteroatoms. The first-order valence-electron chi connectivity index (χ1n) is 11.9. The molecule has 1 unspecified atom stereocenters. The second-order valence-electron chi connectivity index (χ2n) is 9.21. The zero-order valence-electron chi connectivity index (χ0n) is 20.9. The number of carbonyl (C=O) groups is 2. The molecule has 1 amide bonds. The number of ketones is 1. The van der Waals surface area contributed by atoms with Crippen LogP contribution >= 0.6 is 0 Å². The van der Waals surface area contributed by atoms with Gasteiger partial charge in [0.1, 0.15) is 17.3 Å². The molecule has 0 saturated carbocycles. The lowest BCUT2D eigenvalue weighted by Crippen LogP contribution is -2.29. The summed E-state index contributed by atoms with van der Waals surface area (Å²) in [4.78, 5) is 32.4. The highest BCUT2D eigenvalue weighted by atomic mass is 16.5. The smallest absolute Gasteiger partial charge is 0.296 e. The fourth-order valence-corrected chi connectivity index (χ4v) is 4.27. The average Bonchev–Trinajstić information content (AvgIpc) is 3.12. The molecule has 1 aliphatic heterocycles. The van der Waals surface area contributed by atoms with Gasteiger partial charge in [0, 0.05) is 11.8 Å². The highest BCUT2D eigenvalue weighted by molar-refractivity contribution is 6.46. The molecule has 2 aromatic carbocycles. The summed E-state index contributed by atoms with van der Waals surface area (Å²) in [5, 5.41) is 11.3. The Labute approximate surface area is 211 Å². The number of rotatable bonds is 8. The van der Waals surface area contributed by atoms with Crippen molar-refractivity contribution in [2.24, 2.45) is 5.92 Å². The normalized spacial score (nSPS) is 17.0. The molecular weight excluding hydrogens is 456 g/mol. The first kappa shape index (κ1) is 25.0. The largest absolute Gasteiger partial charge is 0.507 e. The molecule has 0 aliphatic carbocycles. The standard InChI is InChI=1S/C29H30N2O5/c1-18(2)17-36-23-10-7-8-20(15-23)26-25(27(32)21-11-12-24(35-4)19(3)14-21)28(33)29(34)31(26)16-22-9-5-6-13-30-22/h5-15,18,26,32H,16-17H2,1-4H3/b27-25+. The molecule has 1 saturated heterocycles. The summed E-state index contributed by atoms with van der Waals surface area (Å²) >= 11 is 0. The van der Waals surface area contributed by atoms with E-state index in [4.69, 9.17) is 9.47 Å². The first-order chi connectivity index (χ1) is 17.3. The molecule has 186 valence electrons. The zero-order valence-corrected chi connectivity index (χ0v) is 20.9. The SMILES string of the molecule is COc1ccc(/C(O)=C2\C(=O)C(=O)N(Cc3ccccn3)C2c2cccc(OCC(C)C)c2)cc1C. The number of pyridine rings is 1. The Morgan fingerprint density at radius 2 is 1.89 bits per heavy atom. The summed E-state index contributed by atoms with van der Waals surface area (Å²) in [6, 6.07) is 17.0. The van der Waals surface area contributed by atoms with Crippen molar-refractivity contribution in [2.45, 2.75) is 33.4 Å². The van der Waals surface area contributed by atoms with E-state index in [1.807, 2.05) is 37.3 Å². The molecule has 0 radical (unpaired) electrons. The van der Waals surface area contributed by atoms with E-state index in [9.17, 15) is 14.7 Å². The van der Waals surface area contributed by atoms with Gasteiger partial charge in [-0.2, -0.15) is 0 Å². The van der Waals surface area contributed by atoms with Crippen LogP contribution in [0.15, 0.2) is 72.4 Å². The summed E-state index contributed by atoms with van der Waals surface area (Å²) < 4.78 is 11.2. The van der Waals surface area contributed by atoms with Gasteiger partial charge in [0.05, 0.1) is 37.6 Å². The van der Waals surface area contributed by atoms with Crippen LogP contribution in [-0.4, -0.2) is 40.4 Å². The summed E-state index contributed by atoms with van der Waals surface area (Å²) in [5.74, 6) is -0.0390. The number of aliphatic hydroxyl groups is 1. The van der Waals surface area contributed by atoms with Crippen LogP contribution in [-0.2, 0) is 16.1 Å². The van der Waals surface area contributed by atoms with E-state index in [-0.39, 0.29) is 17.9 Å². The van der Waals surface area contributed by atoms with Gasteiger partial charge in [-0.25, -0.2) is 0 Å². The van der Waals surface area contributed by atoms with Gasteiger partial charge < -0.3 is 19.5 Å². The molecule has 0 bridgehead atoms. The zero-order chi connectivity index (χ0) is 25.8. The Morgan fingerprint density at radius 3 is 2.56 bits per heavy atom. The van der Waals surface area contributed by atoms with Crippen molar-refractivity contribution >= 4 is 17.4 Å². The highest BCUT2D eigenvalue weighted by Crippen LogP contribution is 2.41. The second-order valence-corrected chi connectivity index (χ2v) is 9.21. The van der Waals surface area contributed by atoms with Crippen LogP contribution in [0.3, 0.4) is 0 Å². The lowest BCUT2D eigenvalue weighted by molar-refractivity contribution is -0.140. The summed E-state index contributed by atoms with van der Waals surface area (Å²) in [5.41, 5.74) is 2.56. The molecule has 1 aliphatic rings. The van der Waals surface area contributed by atoms with Gasteiger partial charge in [-0.3, -0.25) is 14.6 Å². The first-order valence-corrected chi connectivity index (χ1v) is 11.9. The van der Waals surface area contributed by atoms with E-state index in [0.29, 0.717) is 40.8 Å². The highest BCUT2D eigenvalue weighted by Gasteiger charge is 2.46. The third-order valence-corrected chi connectivity index (χ3v) is 6.02. The summed E-state index contributed by atoms with van der Waals surface area (Å²) in [6.07, 6.45) is 1.64. The lowest BCUT2D eigenvalue weighted by atomic mass is 9.94. The molecule has 1 N–H and O–H groups in total. The number of aryl methyl sites for hydroxylation is 1. The number of carbonyl (C=O) groups excluding carboxylic acids is 2. The van der Waals surface area contributed by atoms with E-state index in [1.54, 1.807) is 43.6 Å². The Morgan fingerprint density at radius 1 is 1.08 bits per heavy atom. The van der Waals surface area contributed by atoms with Crippen molar-refractivity contribution in [1.82, 2.24) is 9.88 Å². The second kappa shape index (κ2) is 10.6. The minimum atomic E-state index is -0.808. The molecule has 1 aromatic heterocycles. The number of ether oxygens (including phenoxy) is 2. The van der Waals surface area contributed by atoms with Crippen molar-refractivity contribution in [3.63, 3.8) is 0 Å². The molecule has 1 fully saturated rings. The number of amides is 1. The molecule has 3 aromatic rings. The fourth-order valence-electron chi connectivity index (χ4n) is 4.27. The number of nitrogens with zero attached hydrogens (tertiary/aromatic N) is 2. The van der Waals surface area contributed by atoms with Gasteiger partial charge in [-0.05, 0) is 66.4 Å². The van der Waals surface area contributed by atoms with Crippen LogP contribution in [0.5, 0.6) is 11.5 Å². The van der Waals surface area contributed by atoms with E-state index >= 15 is 0 Å². The Kier molecular flexibility index (Phi) is 7.38. The molecular formula is C29H30N2O5. The van der Waals surface area contributed by atoms with Gasteiger partial charge in [0.2, 0.25) is 0 Å². The third-order valence-electron chi connectivity index (χ3n) is 6.02. The quantitative estimate of drug-likeness (QED) is 0.272. The van der Waals surface area contributed by atoms with Crippen LogP contribution < -0.4 is 9.47 Å². The molecule has 2 heterocycles. The predicted octanol–water partition coefficient (Wildman–Crippen LogP) is 5.06. The van der Waals surface area contributed by atoms with Crippen molar-refractivity contribution in [3.8, 4) is 11.5 Å². The summed E-state index contributed by atoms with van der Waals surface area (Å²) in [6.45, 7) is 6.61. The van der Waals surface area contributed by atoms with Gasteiger partial charge in [-0.15, -0.1) is 0 Å². The van der Waals surface area contributed by atoms with Crippen LogP contribution in [0.1, 0.15) is 42.3 Å². The predicted molar refractivity (Wildman–Crippen MR) is 137 cm³/mol. The topological polar surface area (TPSA) is 89.0 Å². The number of likely N-dealkylation sites (tertiary alicyclic amines) is 1. The van der Waals surface area contributed by atoms with E-state index < -0.39 is 17.7 Å². The molecule has 4 rings (SSSR count). The third kappa shape index (κ3) is 5.10. The number of hydrogen-bond donors (Lipinski definition) is 1. The van der Waals surface area contributed by atoms with Gasteiger partial charge in [-0.1, -0.05) is 32.0 Å². The Balaban J connectivity index is 1.84. The van der Waals surface area contributed by atoms with E-state index in [2.05, 4.69) is 18.8 Å². The van der Waals surface area contributed by atoms with E-state index in [0.717, 1.165) is 5.56 Å². The Bertz CT molecular complexity index is 1300. The number of aromatic nitrogens is 1. The fraction of sp³-hybridized carbons (Fsp3) is 0.276. The maximum atomic E-state index is 13.3. The van der Waals surface area contributed by atoms with E-state index in [1.165, 1.54) is 4.90 Å². The molecule has 0 spiro atoms. The van der Waals surface area contributed by atoms with Crippen molar-refractivity contribution in [1.29, 1.82) is 0 Å². The number of hydrogen-bond acceptors (Lipinski definition) is 6. The maximum absolute atomic E-state index is 13.3. The number of methoxy groups -OCH3 is 1. The van der Waals surface area contributed by atoms with Crippen LogP contribution in [0.25, 0.3) is 5.76 Å². The van der Waals surface area contributed by atoms with Crippen LogP contribution in [0.2, 0.25) is 0 Å². The van der Waals surface area contributed by atoms with Crippen LogP contribution in [0, 0.1) is 12.8 Å². The molecule has 36 heavy (non-hydrogen) atoms. The summed E-state index contributed by atoms with van der Waals surface area (Å²) in [7, 11) is 1.57. The van der Waals surface area contributed by atoms with Crippen molar-refractivity contribution in [3.05, 3.63) is 94.8 Å². The number of aliphatic hydroxyl groups excluding tert-OH is 1. The number of benzene rings is 2. The minimum absolute atomic E-state index is 0.0292. The van der Waals surface area contributed by atoms with Gasteiger partial charge in [0.25, 0.3) is 11.7 Å². The monoisotopic (exact) mass is 486 g/mol. The maximum Gasteiger partial charge on any atom is 0.296 e. The minimum Gasteiger partial charge on any atom is -0.507 e. The Hall–Kier alpha value is -4.13. The van der Waals surface area contributed by atoms with Gasteiger partial charge >= 0.3 is 0 Å². The lowest BCUT2D eigenvalue weighted by Gasteiger charge is -2.25. The number of Topliss-reactive ketones (excluding diaryl/α,β-unsaturated/α-hetero) is 1.